The molecule has 0 spiro atoms. The second-order valence-electron chi connectivity index (χ2n) is 6.78. The Morgan fingerprint density at radius 2 is 1.77 bits per heavy atom. The van der Waals surface area contributed by atoms with Gasteiger partial charge in [0.15, 0.2) is 0 Å². The first-order chi connectivity index (χ1) is 12.9. The number of pyridine rings is 1. The van der Waals surface area contributed by atoms with Crippen LogP contribution in [0.3, 0.4) is 0 Å². The molecule has 0 saturated heterocycles. The van der Waals surface area contributed by atoms with Gasteiger partial charge in [0.05, 0.1) is 25.3 Å². The van der Waals surface area contributed by atoms with Gasteiger partial charge < -0.3 is 20.5 Å². The summed E-state index contributed by atoms with van der Waals surface area (Å²) in [7, 11) is 0. The van der Waals surface area contributed by atoms with Crippen molar-refractivity contribution >= 4 is 16.6 Å². The van der Waals surface area contributed by atoms with Crippen LogP contribution < -0.4 is 11.1 Å². The second-order valence-corrected chi connectivity index (χ2v) is 6.78. The highest BCUT2D eigenvalue weighted by Gasteiger charge is 2.17. The smallest absolute Gasteiger partial charge is 0.0726 e. The summed E-state index contributed by atoms with van der Waals surface area (Å²) in [5.41, 5.74) is 10.5. The molecule has 142 valence electrons. The van der Waals surface area contributed by atoms with Crippen LogP contribution >= 0.6 is 0 Å². The van der Waals surface area contributed by atoms with Crippen LogP contribution in [0.15, 0.2) is 24.3 Å². The minimum Gasteiger partial charge on any atom is -0.384 e. The summed E-state index contributed by atoms with van der Waals surface area (Å²) in [5.74, 6) is 0. The first-order valence-corrected chi connectivity index (χ1v) is 9.90. The summed E-state index contributed by atoms with van der Waals surface area (Å²) >= 11 is 0. The van der Waals surface area contributed by atoms with Gasteiger partial charge in [-0.15, -0.1) is 0 Å². The monoisotopic (exact) mass is 357 g/mol. The van der Waals surface area contributed by atoms with Crippen molar-refractivity contribution in [2.75, 3.05) is 44.8 Å². The molecule has 5 nitrogen and oxygen atoms in total. The number of benzene rings is 1. The molecule has 1 aliphatic rings. The zero-order chi connectivity index (χ0) is 18.0. The molecule has 0 atom stereocenters. The molecule has 1 heterocycles. The molecule has 3 N–H and O–H groups in total. The maximum absolute atomic E-state index is 5.59. The van der Waals surface area contributed by atoms with Crippen LogP contribution in [0.4, 0.5) is 5.69 Å². The van der Waals surface area contributed by atoms with Crippen molar-refractivity contribution in [3.8, 4) is 0 Å². The van der Waals surface area contributed by atoms with Crippen molar-refractivity contribution in [3.05, 3.63) is 35.5 Å². The van der Waals surface area contributed by atoms with Gasteiger partial charge in [0, 0.05) is 36.5 Å². The summed E-state index contributed by atoms with van der Waals surface area (Å²) in [6, 6.07) is 8.48. The van der Waals surface area contributed by atoms with Crippen molar-refractivity contribution in [2.24, 2.45) is 5.73 Å². The molecule has 0 bridgehead atoms. The molecule has 0 fully saturated rings. The van der Waals surface area contributed by atoms with Gasteiger partial charge in [0.1, 0.15) is 0 Å². The Labute approximate surface area is 156 Å². The third kappa shape index (κ3) is 5.16. The Bertz CT molecular complexity index is 690. The lowest BCUT2D eigenvalue weighted by Gasteiger charge is -2.21. The third-order valence-electron chi connectivity index (χ3n) is 4.82. The molecule has 0 radical (unpaired) electrons. The number of nitrogens with zero attached hydrogens (tertiary/aromatic N) is 1. The molecule has 3 rings (SSSR count). The van der Waals surface area contributed by atoms with Crippen LogP contribution in [0.2, 0.25) is 0 Å². The van der Waals surface area contributed by atoms with E-state index in [1.807, 2.05) is 0 Å². The number of hydrogen-bond donors (Lipinski definition) is 2. The number of nitrogens with one attached hydrogen (secondary N) is 1. The fourth-order valence-corrected chi connectivity index (χ4v) is 3.52. The van der Waals surface area contributed by atoms with E-state index >= 15 is 0 Å². The summed E-state index contributed by atoms with van der Waals surface area (Å²) < 4.78 is 10.9. The third-order valence-corrected chi connectivity index (χ3v) is 4.82. The van der Waals surface area contributed by atoms with Gasteiger partial charge >= 0.3 is 0 Å². The number of aryl methyl sites for hydroxylation is 1. The minimum atomic E-state index is 0.569. The van der Waals surface area contributed by atoms with Gasteiger partial charge in [-0.1, -0.05) is 18.2 Å². The minimum absolute atomic E-state index is 0.569. The summed E-state index contributed by atoms with van der Waals surface area (Å²) in [5, 5.41) is 4.95. The number of rotatable bonds is 11. The predicted molar refractivity (Wildman–Crippen MR) is 107 cm³/mol. The number of para-hydroxylation sites is 1. The number of aromatic nitrogens is 1. The lowest BCUT2D eigenvalue weighted by atomic mass is 9.92. The summed E-state index contributed by atoms with van der Waals surface area (Å²) in [4.78, 5) is 4.90. The van der Waals surface area contributed by atoms with E-state index in [9.17, 15) is 0 Å². The van der Waals surface area contributed by atoms with E-state index in [4.69, 9.17) is 20.2 Å². The highest BCUT2D eigenvalue weighted by molar-refractivity contribution is 5.93. The van der Waals surface area contributed by atoms with Crippen molar-refractivity contribution in [1.82, 2.24) is 4.98 Å². The quantitative estimate of drug-likeness (QED) is 0.604. The van der Waals surface area contributed by atoms with E-state index in [0.717, 1.165) is 44.4 Å². The average Bonchev–Trinajstić information content (AvgIpc) is 2.68. The van der Waals surface area contributed by atoms with E-state index in [2.05, 4.69) is 29.6 Å². The van der Waals surface area contributed by atoms with Gasteiger partial charge in [0.2, 0.25) is 0 Å². The van der Waals surface area contributed by atoms with E-state index in [1.165, 1.54) is 35.2 Å². The number of ether oxygens (including phenoxy) is 2. The largest absolute Gasteiger partial charge is 0.384 e. The molecule has 5 heteroatoms. The van der Waals surface area contributed by atoms with Crippen molar-refractivity contribution in [1.29, 1.82) is 0 Å². The van der Waals surface area contributed by atoms with Crippen LogP contribution in [0.1, 0.15) is 36.9 Å². The number of unbranched alkanes of at least 4 members (excludes halogenated alkanes) is 1. The molecule has 1 aromatic heterocycles. The lowest BCUT2D eigenvalue weighted by molar-refractivity contribution is 0.0496. The van der Waals surface area contributed by atoms with Crippen molar-refractivity contribution in [2.45, 2.75) is 38.5 Å². The van der Waals surface area contributed by atoms with Crippen molar-refractivity contribution in [3.63, 3.8) is 0 Å². The van der Waals surface area contributed by atoms with Crippen molar-refractivity contribution < 1.29 is 9.47 Å². The molecule has 0 saturated carbocycles. The number of anilines is 1. The van der Waals surface area contributed by atoms with Crippen LogP contribution in [-0.2, 0) is 22.3 Å². The maximum atomic E-state index is 5.59. The fraction of sp³-hybridized carbons (Fsp3) is 0.571. The maximum Gasteiger partial charge on any atom is 0.0726 e. The van der Waals surface area contributed by atoms with E-state index in [0.29, 0.717) is 26.4 Å². The molecular formula is C21H31N3O2. The van der Waals surface area contributed by atoms with E-state index < -0.39 is 0 Å². The van der Waals surface area contributed by atoms with E-state index in [1.54, 1.807) is 0 Å². The fourth-order valence-electron chi connectivity index (χ4n) is 3.52. The van der Waals surface area contributed by atoms with Gasteiger partial charge in [-0.25, -0.2) is 0 Å². The highest BCUT2D eigenvalue weighted by atomic mass is 16.5. The zero-order valence-corrected chi connectivity index (χ0v) is 15.6. The van der Waals surface area contributed by atoms with Crippen LogP contribution in [0.25, 0.3) is 10.9 Å². The number of nitrogens with two attached hydrogens (primary N) is 1. The van der Waals surface area contributed by atoms with Crippen LogP contribution in [0.5, 0.6) is 0 Å². The predicted octanol–water partition coefficient (Wildman–Crippen LogP) is 3.30. The standard InChI is InChI=1S/C21H31N3O2/c22-11-14-26-16-15-25-13-6-5-12-23-21-17-7-1-3-9-19(17)24-20-10-4-2-8-18(20)21/h1,3,7,9H,2,4-6,8,10-16,22H2,(H,23,24). The first kappa shape index (κ1) is 19.1. The topological polar surface area (TPSA) is 69.4 Å². The first-order valence-electron chi connectivity index (χ1n) is 9.90. The van der Waals surface area contributed by atoms with Gasteiger partial charge in [-0.2, -0.15) is 0 Å². The van der Waals surface area contributed by atoms with Gasteiger partial charge in [0.25, 0.3) is 0 Å². The molecule has 0 aliphatic heterocycles. The Morgan fingerprint density at radius 3 is 2.65 bits per heavy atom. The number of fused-ring (bicyclic) bond motifs is 2. The van der Waals surface area contributed by atoms with Gasteiger partial charge in [-0.3, -0.25) is 4.98 Å². The molecule has 0 unspecified atom stereocenters. The molecule has 2 aromatic rings. The Balaban J connectivity index is 1.48. The SMILES string of the molecule is NCCOCCOCCCCNc1c2c(nc3ccccc13)CCCC2. The molecule has 1 aliphatic carbocycles. The summed E-state index contributed by atoms with van der Waals surface area (Å²) in [6.45, 7) is 4.20. The molecule has 0 amide bonds. The number of hydrogen-bond acceptors (Lipinski definition) is 5. The van der Waals surface area contributed by atoms with Crippen LogP contribution in [-0.4, -0.2) is 44.5 Å². The normalized spacial score (nSPS) is 13.7. The Hall–Kier alpha value is -1.69. The summed E-state index contributed by atoms with van der Waals surface area (Å²) in [6.07, 6.45) is 6.91. The molecule has 1 aromatic carbocycles. The lowest BCUT2D eigenvalue weighted by Crippen LogP contribution is -2.13. The molecule has 26 heavy (non-hydrogen) atoms. The van der Waals surface area contributed by atoms with Crippen LogP contribution in [0, 0.1) is 0 Å². The molecular weight excluding hydrogens is 326 g/mol. The Morgan fingerprint density at radius 1 is 0.962 bits per heavy atom. The zero-order valence-electron chi connectivity index (χ0n) is 15.6. The second kappa shape index (κ2) is 10.5. The average molecular weight is 357 g/mol. The Kier molecular flexibility index (Phi) is 7.67. The van der Waals surface area contributed by atoms with E-state index in [-0.39, 0.29) is 0 Å². The van der Waals surface area contributed by atoms with Gasteiger partial charge in [-0.05, 0) is 50.2 Å². The highest BCUT2D eigenvalue weighted by Crippen LogP contribution is 2.33.